The van der Waals surface area contributed by atoms with E-state index in [1.165, 1.54) is 7.11 Å². The van der Waals surface area contributed by atoms with Gasteiger partial charge in [0.05, 0.1) is 23.6 Å². The summed E-state index contributed by atoms with van der Waals surface area (Å²) >= 11 is 6.03. The molecule has 0 spiro atoms. The molecule has 3 amide bonds. The smallest absolute Gasteiger partial charge is 0.354 e. The Bertz CT molecular complexity index is 1610. The second kappa shape index (κ2) is 11.5. The number of urea groups is 1. The molecule has 224 valence electrons. The van der Waals surface area contributed by atoms with Crippen LogP contribution in [-0.2, 0) is 16.3 Å². The number of halogens is 1. The Kier molecular flexibility index (Phi) is 8.26. The van der Waals surface area contributed by atoms with Crippen molar-refractivity contribution in [3.8, 4) is 5.75 Å². The first-order valence-electron chi connectivity index (χ1n) is 14.2. The van der Waals surface area contributed by atoms with E-state index in [0.29, 0.717) is 29.3 Å². The van der Waals surface area contributed by atoms with Crippen LogP contribution < -0.4 is 20.5 Å². The van der Waals surface area contributed by atoms with Crippen molar-refractivity contribution in [1.82, 2.24) is 10.6 Å². The number of hydrogen-bond acceptors (Lipinski definition) is 5. The van der Waals surface area contributed by atoms with Gasteiger partial charge in [-0.1, -0.05) is 50.9 Å². The van der Waals surface area contributed by atoms with Crippen molar-refractivity contribution < 1.29 is 18.5 Å². The molecule has 1 heterocycles. The molecule has 1 aliphatic heterocycles. The van der Waals surface area contributed by atoms with E-state index >= 15 is 0 Å². The molecule has 2 aliphatic carbocycles. The van der Waals surface area contributed by atoms with Gasteiger partial charge in [-0.05, 0) is 73.6 Å². The lowest BCUT2D eigenvalue weighted by molar-refractivity contribution is 0.0951. The number of allylic oxidation sites excluding steroid dienone is 1. The highest BCUT2D eigenvalue weighted by atomic mass is 35.5. The van der Waals surface area contributed by atoms with Gasteiger partial charge in [0.1, 0.15) is 15.7 Å². The summed E-state index contributed by atoms with van der Waals surface area (Å²) in [5.41, 5.74) is 3.98. The van der Waals surface area contributed by atoms with Gasteiger partial charge >= 0.3 is 6.03 Å². The standard InChI is InChI=1S/C31H38ClN5O4S/c1-30(2)16-13-22-26(30)35-25-6-5-15-31(25,3)27(22)36-29(39)37-42(33,40)21-10-7-19(8-11-21)14-17-34-28(38)23-18-20(32)9-12-24(23)41-4/h7-12,18,25H,5-6,13-17H2,1-4H3,(H,34,38)(H3,33,36,37,39,40). The van der Waals surface area contributed by atoms with Crippen LogP contribution in [0.3, 0.4) is 0 Å². The predicted octanol–water partition coefficient (Wildman–Crippen LogP) is 5.82. The summed E-state index contributed by atoms with van der Waals surface area (Å²) in [6, 6.07) is 11.0. The van der Waals surface area contributed by atoms with Gasteiger partial charge in [0.15, 0.2) is 0 Å². The first-order valence-corrected chi connectivity index (χ1v) is 16.2. The number of hydrogen-bond donors (Lipinski definition) is 3. The molecule has 5 rings (SSSR count). The maximum atomic E-state index is 13.4. The average molecular weight is 612 g/mol. The first-order chi connectivity index (χ1) is 19.8. The lowest BCUT2D eigenvalue weighted by Crippen LogP contribution is -2.42. The third-order valence-corrected chi connectivity index (χ3v) is 10.4. The quantitative estimate of drug-likeness (QED) is 0.363. The van der Waals surface area contributed by atoms with Crippen LogP contribution in [0.4, 0.5) is 4.79 Å². The highest BCUT2D eigenvalue weighted by Crippen LogP contribution is 2.53. The number of nitrogens with two attached hydrogens (primary N) is 1. The van der Waals surface area contributed by atoms with Crippen molar-refractivity contribution in [2.75, 3.05) is 13.7 Å². The van der Waals surface area contributed by atoms with Crippen molar-refractivity contribution >= 4 is 39.2 Å². The molecule has 2 aromatic rings. The number of carbonyl (C=O) groups is 2. The van der Waals surface area contributed by atoms with E-state index in [4.69, 9.17) is 26.5 Å². The lowest BCUT2D eigenvalue weighted by Gasteiger charge is -2.38. The van der Waals surface area contributed by atoms with Gasteiger partial charge in [-0.25, -0.2) is 14.1 Å². The molecule has 2 saturated carbocycles. The van der Waals surface area contributed by atoms with Gasteiger partial charge in [0.2, 0.25) is 0 Å². The van der Waals surface area contributed by atoms with E-state index in [1.807, 2.05) is 0 Å². The number of dihydropyridines is 1. The fourth-order valence-corrected chi connectivity index (χ4v) is 7.47. The van der Waals surface area contributed by atoms with Gasteiger partial charge in [-0.3, -0.25) is 9.79 Å². The van der Waals surface area contributed by atoms with Gasteiger partial charge in [-0.15, -0.1) is 4.36 Å². The molecule has 0 bridgehead atoms. The molecule has 3 aliphatic rings. The summed E-state index contributed by atoms with van der Waals surface area (Å²) in [6.45, 7) is 6.91. The lowest BCUT2D eigenvalue weighted by atomic mass is 9.75. The zero-order valence-electron chi connectivity index (χ0n) is 24.5. The number of methoxy groups -OCH3 is 1. The Balaban J connectivity index is 1.26. The van der Waals surface area contributed by atoms with Crippen LogP contribution >= 0.6 is 11.6 Å². The highest BCUT2D eigenvalue weighted by Gasteiger charge is 2.50. The van der Waals surface area contributed by atoms with Crippen molar-refractivity contribution in [2.45, 2.75) is 70.2 Å². The average Bonchev–Trinajstić information content (AvgIpc) is 3.47. The van der Waals surface area contributed by atoms with Crippen LogP contribution in [0.2, 0.25) is 5.02 Å². The largest absolute Gasteiger partial charge is 0.496 e. The van der Waals surface area contributed by atoms with Gasteiger partial charge in [-0.2, -0.15) is 0 Å². The van der Waals surface area contributed by atoms with E-state index in [2.05, 4.69) is 35.8 Å². The molecule has 0 radical (unpaired) electrons. The van der Waals surface area contributed by atoms with Crippen LogP contribution in [0.15, 0.2) is 68.0 Å². The molecule has 4 N–H and O–H groups in total. The monoisotopic (exact) mass is 611 g/mol. The summed E-state index contributed by atoms with van der Waals surface area (Å²) in [4.78, 5) is 31.2. The fourth-order valence-electron chi connectivity index (χ4n) is 6.37. The van der Waals surface area contributed by atoms with E-state index in [-0.39, 0.29) is 27.7 Å². The number of ether oxygens (including phenoxy) is 1. The van der Waals surface area contributed by atoms with Crippen LogP contribution in [-0.4, -0.2) is 41.6 Å². The molecule has 3 unspecified atom stereocenters. The maximum Gasteiger partial charge on any atom is 0.354 e. The van der Waals surface area contributed by atoms with Gasteiger partial charge in [0, 0.05) is 33.8 Å². The number of aliphatic imine (C=N–C) groups is 1. The van der Waals surface area contributed by atoms with Gasteiger partial charge < -0.3 is 15.4 Å². The van der Waals surface area contributed by atoms with Crippen molar-refractivity contribution in [3.05, 3.63) is 69.9 Å². The van der Waals surface area contributed by atoms with Gasteiger partial charge in [0.25, 0.3) is 5.91 Å². The number of carbonyl (C=O) groups excluding carboxylic acids is 2. The molecule has 0 saturated heterocycles. The zero-order chi connectivity index (χ0) is 30.3. The van der Waals surface area contributed by atoms with Crippen LogP contribution in [0.25, 0.3) is 0 Å². The molecule has 42 heavy (non-hydrogen) atoms. The zero-order valence-corrected chi connectivity index (χ0v) is 26.0. The molecule has 2 fully saturated rings. The molecule has 9 nitrogen and oxygen atoms in total. The second-order valence-electron chi connectivity index (χ2n) is 12.1. The fraction of sp³-hybridized carbons (Fsp3) is 0.452. The number of rotatable bonds is 7. The van der Waals surface area contributed by atoms with E-state index in [0.717, 1.165) is 54.6 Å². The summed E-state index contributed by atoms with van der Waals surface area (Å²) in [5, 5.41) is 12.4. The van der Waals surface area contributed by atoms with Crippen LogP contribution in [0.5, 0.6) is 5.75 Å². The predicted molar refractivity (Wildman–Crippen MR) is 165 cm³/mol. The molecular weight excluding hydrogens is 574 g/mol. The Morgan fingerprint density at radius 2 is 1.90 bits per heavy atom. The topological polar surface area (TPSA) is 135 Å². The number of fused-ring (bicyclic) bond motifs is 2. The first kappa shape index (κ1) is 30.3. The summed E-state index contributed by atoms with van der Waals surface area (Å²) < 4.78 is 22.6. The molecule has 0 aromatic heterocycles. The van der Waals surface area contributed by atoms with Crippen molar-refractivity contribution in [3.63, 3.8) is 0 Å². The van der Waals surface area contributed by atoms with Crippen molar-refractivity contribution in [1.29, 1.82) is 0 Å². The minimum absolute atomic E-state index is 0.0412. The summed E-state index contributed by atoms with van der Waals surface area (Å²) in [7, 11) is -1.99. The van der Waals surface area contributed by atoms with Crippen LogP contribution in [0, 0.1) is 10.8 Å². The van der Waals surface area contributed by atoms with Crippen LogP contribution in [0.1, 0.15) is 68.8 Å². The Hall–Kier alpha value is -3.21. The van der Waals surface area contributed by atoms with Crippen molar-refractivity contribution in [2.24, 2.45) is 25.3 Å². The molecule has 11 heteroatoms. The Labute approximate surface area is 252 Å². The number of nitrogens with one attached hydrogen (secondary N) is 2. The minimum atomic E-state index is -3.48. The third-order valence-electron chi connectivity index (χ3n) is 8.81. The SMILES string of the molecule is COc1ccc(Cl)cc1C(=O)NCCc1ccc(S(N)(=O)=NC(=O)NC2=C3CCC(C)(C)C3=NC3CCCC23C)cc1. The van der Waals surface area contributed by atoms with E-state index < -0.39 is 15.9 Å². The molecular formula is C31H38ClN5O4S. The third kappa shape index (κ3) is 5.85. The Morgan fingerprint density at radius 3 is 2.62 bits per heavy atom. The molecule has 2 aromatic carbocycles. The summed E-state index contributed by atoms with van der Waals surface area (Å²) in [5.74, 6) is 0.136. The normalized spacial score (nSPS) is 23.8. The summed E-state index contributed by atoms with van der Waals surface area (Å²) in [6.07, 6.45) is 5.30. The molecule has 3 atom stereocenters. The second-order valence-corrected chi connectivity index (χ2v) is 14.4. The minimum Gasteiger partial charge on any atom is -0.496 e. The number of benzene rings is 2. The number of amides is 3. The maximum absolute atomic E-state index is 13.4. The van der Waals surface area contributed by atoms with E-state index in [9.17, 15) is 13.8 Å². The number of nitrogens with zero attached hydrogens (tertiary/aromatic N) is 2. The highest BCUT2D eigenvalue weighted by molar-refractivity contribution is 7.91. The van der Waals surface area contributed by atoms with E-state index in [1.54, 1.807) is 42.5 Å². The Morgan fingerprint density at radius 1 is 1.17 bits per heavy atom.